The second kappa shape index (κ2) is 14.5. The summed E-state index contributed by atoms with van der Waals surface area (Å²) in [4.78, 5) is 23.2. The standard InChI is InChI=1S/C19H36O4/c1-4-6-8-9-10-11-12-13-15-23-19(22)16(3)17(18(20)21)14-7-5-2/h16-17H,4-15H2,1-3H3,(H,20,21). The van der Waals surface area contributed by atoms with E-state index in [9.17, 15) is 14.7 Å². The van der Waals surface area contributed by atoms with Gasteiger partial charge in [-0.25, -0.2) is 0 Å². The Bertz CT molecular complexity index is 314. The van der Waals surface area contributed by atoms with E-state index >= 15 is 0 Å². The molecule has 0 fully saturated rings. The van der Waals surface area contributed by atoms with Crippen LogP contribution in [-0.2, 0) is 14.3 Å². The van der Waals surface area contributed by atoms with Gasteiger partial charge in [0.25, 0.3) is 0 Å². The van der Waals surface area contributed by atoms with E-state index < -0.39 is 17.8 Å². The van der Waals surface area contributed by atoms with Crippen LogP contribution < -0.4 is 0 Å². The number of hydrogen-bond donors (Lipinski definition) is 1. The number of carbonyl (C=O) groups is 2. The van der Waals surface area contributed by atoms with E-state index in [0.717, 1.165) is 25.7 Å². The first-order chi connectivity index (χ1) is 11.0. The van der Waals surface area contributed by atoms with Crippen LogP contribution in [0.3, 0.4) is 0 Å². The summed E-state index contributed by atoms with van der Waals surface area (Å²) in [6.07, 6.45) is 11.9. The van der Waals surface area contributed by atoms with Crippen molar-refractivity contribution in [2.45, 2.75) is 91.4 Å². The zero-order valence-corrected chi connectivity index (χ0v) is 15.3. The van der Waals surface area contributed by atoms with E-state index in [1.807, 2.05) is 6.92 Å². The molecule has 0 aromatic carbocycles. The van der Waals surface area contributed by atoms with Crippen molar-refractivity contribution in [2.75, 3.05) is 6.61 Å². The zero-order valence-electron chi connectivity index (χ0n) is 15.3. The maximum absolute atomic E-state index is 12.0. The second-order valence-corrected chi connectivity index (χ2v) is 6.52. The number of carbonyl (C=O) groups excluding carboxylic acids is 1. The van der Waals surface area contributed by atoms with Crippen molar-refractivity contribution in [1.29, 1.82) is 0 Å². The highest BCUT2D eigenvalue weighted by atomic mass is 16.5. The Morgan fingerprint density at radius 1 is 0.870 bits per heavy atom. The molecule has 0 rings (SSSR count). The fourth-order valence-electron chi connectivity index (χ4n) is 2.72. The average molecular weight is 328 g/mol. The number of rotatable bonds is 15. The molecule has 0 saturated carbocycles. The highest BCUT2D eigenvalue weighted by Crippen LogP contribution is 2.20. The maximum atomic E-state index is 12.0. The van der Waals surface area contributed by atoms with Crippen molar-refractivity contribution < 1.29 is 19.4 Å². The van der Waals surface area contributed by atoms with Crippen molar-refractivity contribution in [1.82, 2.24) is 0 Å². The second-order valence-electron chi connectivity index (χ2n) is 6.52. The first-order valence-electron chi connectivity index (χ1n) is 9.44. The summed E-state index contributed by atoms with van der Waals surface area (Å²) >= 11 is 0. The summed E-state index contributed by atoms with van der Waals surface area (Å²) in [7, 11) is 0. The van der Waals surface area contributed by atoms with Crippen LogP contribution >= 0.6 is 0 Å². The first kappa shape index (κ1) is 21.9. The number of unbranched alkanes of at least 4 members (excludes halogenated alkanes) is 8. The minimum absolute atomic E-state index is 0.364. The summed E-state index contributed by atoms with van der Waals surface area (Å²) in [5, 5.41) is 9.24. The third kappa shape index (κ3) is 11.2. The number of aliphatic carboxylic acids is 1. The van der Waals surface area contributed by atoms with Crippen LogP contribution in [0.15, 0.2) is 0 Å². The van der Waals surface area contributed by atoms with Gasteiger partial charge in [0.05, 0.1) is 18.4 Å². The van der Waals surface area contributed by atoms with Gasteiger partial charge in [-0.3, -0.25) is 9.59 Å². The minimum Gasteiger partial charge on any atom is -0.481 e. The lowest BCUT2D eigenvalue weighted by Gasteiger charge is -2.18. The monoisotopic (exact) mass is 328 g/mol. The number of esters is 1. The van der Waals surface area contributed by atoms with E-state index in [0.29, 0.717) is 13.0 Å². The molecule has 0 amide bonds. The number of ether oxygens (including phenoxy) is 1. The Kier molecular flexibility index (Phi) is 13.9. The van der Waals surface area contributed by atoms with Crippen molar-refractivity contribution in [3.8, 4) is 0 Å². The Labute approximate surface area is 142 Å². The molecule has 1 N–H and O–H groups in total. The van der Waals surface area contributed by atoms with Crippen LogP contribution in [0.4, 0.5) is 0 Å². The van der Waals surface area contributed by atoms with Crippen LogP contribution in [0.5, 0.6) is 0 Å². The number of carboxylic acids is 1. The quantitative estimate of drug-likeness (QED) is 0.331. The van der Waals surface area contributed by atoms with Crippen molar-refractivity contribution >= 4 is 11.9 Å². The molecule has 0 aromatic heterocycles. The van der Waals surface area contributed by atoms with Gasteiger partial charge in [0.1, 0.15) is 0 Å². The van der Waals surface area contributed by atoms with Crippen LogP contribution in [0.1, 0.15) is 91.4 Å². The summed E-state index contributed by atoms with van der Waals surface area (Å²) in [6, 6.07) is 0. The molecule has 2 unspecified atom stereocenters. The van der Waals surface area contributed by atoms with Crippen LogP contribution in [-0.4, -0.2) is 23.7 Å². The lowest BCUT2D eigenvalue weighted by molar-refractivity contribution is -0.157. The molecular weight excluding hydrogens is 292 g/mol. The highest BCUT2D eigenvalue weighted by molar-refractivity contribution is 5.80. The molecule has 0 heterocycles. The molecule has 23 heavy (non-hydrogen) atoms. The molecule has 0 aromatic rings. The van der Waals surface area contributed by atoms with Crippen molar-refractivity contribution in [3.63, 3.8) is 0 Å². The summed E-state index contributed by atoms with van der Waals surface area (Å²) in [5.74, 6) is -2.44. The molecule has 4 heteroatoms. The molecule has 0 saturated heterocycles. The average Bonchev–Trinajstić information content (AvgIpc) is 2.52. The van der Waals surface area contributed by atoms with Gasteiger partial charge < -0.3 is 9.84 Å². The van der Waals surface area contributed by atoms with Crippen molar-refractivity contribution in [2.24, 2.45) is 11.8 Å². The van der Waals surface area contributed by atoms with Gasteiger partial charge in [-0.15, -0.1) is 0 Å². The SMILES string of the molecule is CCCCCCCCCCOC(=O)C(C)C(CCCC)C(=O)O. The van der Waals surface area contributed by atoms with E-state index in [1.54, 1.807) is 6.92 Å². The van der Waals surface area contributed by atoms with E-state index in [-0.39, 0.29) is 5.97 Å². The molecule has 0 aliphatic heterocycles. The van der Waals surface area contributed by atoms with Gasteiger partial charge in [0.2, 0.25) is 0 Å². The Hall–Kier alpha value is -1.06. The highest BCUT2D eigenvalue weighted by Gasteiger charge is 2.30. The van der Waals surface area contributed by atoms with Gasteiger partial charge in [-0.1, -0.05) is 78.6 Å². The van der Waals surface area contributed by atoms with Crippen LogP contribution in [0, 0.1) is 11.8 Å². The third-order valence-electron chi connectivity index (χ3n) is 4.40. The van der Waals surface area contributed by atoms with Gasteiger partial charge in [0.15, 0.2) is 0 Å². The Morgan fingerprint density at radius 3 is 1.91 bits per heavy atom. The molecule has 0 radical (unpaired) electrons. The van der Waals surface area contributed by atoms with Gasteiger partial charge in [-0.05, 0) is 12.8 Å². The lowest BCUT2D eigenvalue weighted by Crippen LogP contribution is -2.29. The van der Waals surface area contributed by atoms with E-state index in [2.05, 4.69) is 6.92 Å². The van der Waals surface area contributed by atoms with Gasteiger partial charge >= 0.3 is 11.9 Å². The van der Waals surface area contributed by atoms with Gasteiger partial charge in [0, 0.05) is 0 Å². The Morgan fingerprint density at radius 2 is 1.39 bits per heavy atom. The normalized spacial score (nSPS) is 13.5. The topological polar surface area (TPSA) is 63.6 Å². The smallest absolute Gasteiger partial charge is 0.309 e. The third-order valence-corrected chi connectivity index (χ3v) is 4.40. The minimum atomic E-state index is -0.894. The largest absolute Gasteiger partial charge is 0.481 e. The van der Waals surface area contributed by atoms with Crippen LogP contribution in [0.25, 0.3) is 0 Å². The summed E-state index contributed by atoms with van der Waals surface area (Å²) < 4.78 is 5.26. The lowest BCUT2D eigenvalue weighted by atomic mass is 9.89. The summed E-state index contributed by atoms with van der Waals surface area (Å²) in [6.45, 7) is 6.32. The molecule has 0 spiro atoms. The Balaban J connectivity index is 3.80. The molecule has 4 nitrogen and oxygen atoms in total. The summed E-state index contributed by atoms with van der Waals surface area (Å²) in [5.41, 5.74) is 0. The molecular formula is C19H36O4. The molecule has 136 valence electrons. The van der Waals surface area contributed by atoms with Gasteiger partial charge in [-0.2, -0.15) is 0 Å². The predicted octanol–water partition coefficient (Wildman–Crippen LogP) is 5.20. The zero-order chi connectivity index (χ0) is 17.5. The molecule has 2 atom stereocenters. The van der Waals surface area contributed by atoms with Crippen molar-refractivity contribution in [3.05, 3.63) is 0 Å². The van der Waals surface area contributed by atoms with Crippen LogP contribution in [0.2, 0.25) is 0 Å². The fourth-order valence-corrected chi connectivity index (χ4v) is 2.72. The fraction of sp³-hybridized carbons (Fsp3) is 0.895. The molecule has 0 aliphatic rings. The maximum Gasteiger partial charge on any atom is 0.309 e. The van der Waals surface area contributed by atoms with E-state index in [1.165, 1.54) is 38.5 Å². The molecule has 0 bridgehead atoms. The first-order valence-corrected chi connectivity index (χ1v) is 9.44. The van der Waals surface area contributed by atoms with E-state index in [4.69, 9.17) is 4.74 Å². The number of carboxylic acid groups (broad SMARTS) is 1. The molecule has 0 aliphatic carbocycles. The predicted molar refractivity (Wildman–Crippen MR) is 93.4 cm³/mol. The number of hydrogen-bond acceptors (Lipinski definition) is 3.